The van der Waals surface area contributed by atoms with Crippen LogP contribution in [0.5, 0.6) is 0 Å². The van der Waals surface area contributed by atoms with Gasteiger partial charge in [0.05, 0.1) is 6.10 Å². The van der Waals surface area contributed by atoms with Crippen LogP contribution in [-0.4, -0.2) is 55.3 Å². The number of ether oxygens (including phenoxy) is 2. The van der Waals surface area contributed by atoms with E-state index in [0.29, 0.717) is 23.8 Å². The molecule has 132 valence electrons. The van der Waals surface area contributed by atoms with Crippen LogP contribution in [0.2, 0.25) is 0 Å². The number of aromatic nitrogens is 4. The van der Waals surface area contributed by atoms with Crippen molar-refractivity contribution in [1.29, 1.82) is 0 Å². The number of aromatic amines is 1. The molecule has 0 spiro atoms. The van der Waals surface area contributed by atoms with E-state index in [0.717, 1.165) is 6.42 Å². The first-order valence-corrected chi connectivity index (χ1v) is 8.41. The van der Waals surface area contributed by atoms with Crippen LogP contribution in [0.25, 0.3) is 11.2 Å². The van der Waals surface area contributed by atoms with Gasteiger partial charge in [0.25, 0.3) is 5.56 Å². The molecule has 10 heteroatoms. The van der Waals surface area contributed by atoms with Gasteiger partial charge in [-0.25, -0.2) is 4.98 Å². The standard InChI is InChI=1S/C14H21N5O4S/c1-3-4-22-10-9(20)7(5-24)23-13(10)19-6(2)16-8-11(19)17-14(15)18-12(8)21/h7,9-10,13,20,24H,3-5H2,1-2H3,(H3,15,17,18,21)/t7-,9-,10-,13-/m1/s1. The summed E-state index contributed by atoms with van der Waals surface area (Å²) in [4.78, 5) is 22.9. The Hall–Kier alpha value is -1.62. The van der Waals surface area contributed by atoms with Crippen LogP contribution < -0.4 is 11.3 Å². The molecule has 3 rings (SSSR count). The van der Waals surface area contributed by atoms with E-state index >= 15 is 0 Å². The van der Waals surface area contributed by atoms with Crippen molar-refractivity contribution in [3.63, 3.8) is 0 Å². The third-order valence-electron chi connectivity index (χ3n) is 4.01. The summed E-state index contributed by atoms with van der Waals surface area (Å²) in [6.45, 7) is 4.19. The summed E-state index contributed by atoms with van der Waals surface area (Å²) in [5, 5.41) is 10.5. The van der Waals surface area contributed by atoms with Crippen LogP contribution in [0.15, 0.2) is 4.79 Å². The van der Waals surface area contributed by atoms with Crippen molar-refractivity contribution < 1.29 is 14.6 Å². The number of fused-ring (bicyclic) bond motifs is 1. The van der Waals surface area contributed by atoms with E-state index in [1.54, 1.807) is 11.5 Å². The molecule has 2 aromatic heterocycles. The lowest BCUT2D eigenvalue weighted by Gasteiger charge is -2.23. The van der Waals surface area contributed by atoms with Gasteiger partial charge >= 0.3 is 0 Å². The minimum atomic E-state index is -0.838. The summed E-state index contributed by atoms with van der Waals surface area (Å²) in [6, 6.07) is 0. The first-order valence-electron chi connectivity index (χ1n) is 7.78. The summed E-state index contributed by atoms with van der Waals surface area (Å²) in [6.07, 6.45) is -1.80. The highest BCUT2D eigenvalue weighted by molar-refractivity contribution is 7.80. The molecule has 4 N–H and O–H groups in total. The van der Waals surface area contributed by atoms with Crippen LogP contribution in [0.4, 0.5) is 5.95 Å². The maximum Gasteiger partial charge on any atom is 0.280 e. The number of nitrogens with zero attached hydrogens (tertiary/aromatic N) is 3. The first kappa shape index (κ1) is 17.2. The quantitative estimate of drug-likeness (QED) is 0.555. The highest BCUT2D eigenvalue weighted by Gasteiger charge is 2.46. The van der Waals surface area contributed by atoms with E-state index in [4.69, 9.17) is 15.2 Å². The lowest BCUT2D eigenvalue weighted by Crippen LogP contribution is -2.35. The number of nitrogen functional groups attached to an aromatic ring is 1. The molecule has 1 fully saturated rings. The maximum atomic E-state index is 12.0. The molecule has 2 aromatic rings. The maximum absolute atomic E-state index is 12.0. The van der Waals surface area contributed by atoms with E-state index in [2.05, 4.69) is 27.6 Å². The van der Waals surface area contributed by atoms with Gasteiger partial charge in [0.1, 0.15) is 18.0 Å². The molecule has 0 radical (unpaired) electrons. The predicted octanol–water partition coefficient (Wildman–Crippen LogP) is -0.00648. The van der Waals surface area contributed by atoms with Gasteiger partial charge < -0.3 is 20.3 Å². The Kier molecular flexibility index (Phi) is 4.81. The molecular formula is C14H21N5O4S. The number of nitrogens with one attached hydrogen (secondary N) is 1. The Bertz CT molecular complexity index is 791. The second kappa shape index (κ2) is 6.71. The molecule has 0 bridgehead atoms. The van der Waals surface area contributed by atoms with Crippen LogP contribution in [0.3, 0.4) is 0 Å². The number of thiol groups is 1. The van der Waals surface area contributed by atoms with Crippen molar-refractivity contribution in [3.05, 3.63) is 16.2 Å². The van der Waals surface area contributed by atoms with Crippen LogP contribution in [0, 0.1) is 6.92 Å². The van der Waals surface area contributed by atoms with Crippen molar-refractivity contribution in [2.24, 2.45) is 0 Å². The van der Waals surface area contributed by atoms with E-state index in [1.807, 2.05) is 6.92 Å². The van der Waals surface area contributed by atoms with Gasteiger partial charge in [-0.05, 0) is 13.3 Å². The molecule has 0 aliphatic carbocycles. The summed E-state index contributed by atoms with van der Waals surface area (Å²) in [5.41, 5.74) is 5.71. The Balaban J connectivity index is 2.10. The minimum Gasteiger partial charge on any atom is -0.387 e. The van der Waals surface area contributed by atoms with E-state index in [9.17, 15) is 9.90 Å². The lowest BCUT2D eigenvalue weighted by molar-refractivity contribution is -0.0662. The molecule has 9 nitrogen and oxygen atoms in total. The molecule has 3 heterocycles. The molecule has 4 atom stereocenters. The van der Waals surface area contributed by atoms with Crippen molar-refractivity contribution in [1.82, 2.24) is 19.5 Å². The lowest BCUT2D eigenvalue weighted by atomic mass is 10.1. The molecule has 1 aliphatic rings. The van der Waals surface area contributed by atoms with Crippen molar-refractivity contribution >= 4 is 29.7 Å². The molecule has 0 unspecified atom stereocenters. The fourth-order valence-electron chi connectivity index (χ4n) is 2.93. The van der Waals surface area contributed by atoms with Gasteiger partial charge in [0.15, 0.2) is 17.4 Å². The second-order valence-corrected chi connectivity index (χ2v) is 6.09. The van der Waals surface area contributed by atoms with Crippen LogP contribution >= 0.6 is 12.6 Å². The van der Waals surface area contributed by atoms with Gasteiger partial charge in [-0.3, -0.25) is 14.3 Å². The number of imidazole rings is 1. The van der Waals surface area contributed by atoms with Crippen LogP contribution in [0.1, 0.15) is 25.4 Å². The SMILES string of the molecule is CCCO[C@@H]1[C@H](O)[C@@H](CS)O[C@H]1n1c(C)nc2c(=O)[nH]c(N)nc21. The van der Waals surface area contributed by atoms with Gasteiger partial charge in [0.2, 0.25) is 5.95 Å². The fraction of sp³-hybridized carbons (Fsp3) is 0.643. The summed E-state index contributed by atoms with van der Waals surface area (Å²) in [5.74, 6) is 0.852. The van der Waals surface area contributed by atoms with Gasteiger partial charge in [-0.2, -0.15) is 17.6 Å². The van der Waals surface area contributed by atoms with Gasteiger partial charge in [0, 0.05) is 12.4 Å². The normalized spacial score (nSPS) is 27.2. The Labute approximate surface area is 143 Å². The molecule has 0 aromatic carbocycles. The third-order valence-corrected chi connectivity index (χ3v) is 4.37. The molecule has 0 saturated carbocycles. The number of aliphatic hydroxyl groups is 1. The number of rotatable bonds is 5. The van der Waals surface area contributed by atoms with Crippen LogP contribution in [-0.2, 0) is 9.47 Å². The number of H-pyrrole nitrogens is 1. The third kappa shape index (κ3) is 2.79. The zero-order valence-electron chi connectivity index (χ0n) is 13.5. The molecule has 1 aliphatic heterocycles. The number of hydrogen-bond donors (Lipinski definition) is 4. The monoisotopic (exact) mass is 355 g/mol. The average molecular weight is 355 g/mol. The number of aliphatic hydroxyl groups excluding tert-OH is 1. The van der Waals surface area contributed by atoms with Gasteiger partial charge in [-0.15, -0.1) is 0 Å². The number of aryl methyl sites for hydroxylation is 1. The smallest absolute Gasteiger partial charge is 0.280 e. The Morgan fingerprint density at radius 1 is 1.50 bits per heavy atom. The molecule has 24 heavy (non-hydrogen) atoms. The van der Waals surface area contributed by atoms with Crippen molar-refractivity contribution in [2.45, 2.75) is 44.8 Å². The van der Waals surface area contributed by atoms with E-state index in [-0.39, 0.29) is 11.5 Å². The highest BCUT2D eigenvalue weighted by Crippen LogP contribution is 2.34. The Morgan fingerprint density at radius 2 is 2.25 bits per heavy atom. The zero-order chi connectivity index (χ0) is 17.4. The number of hydrogen-bond acceptors (Lipinski definition) is 8. The Morgan fingerprint density at radius 3 is 2.92 bits per heavy atom. The van der Waals surface area contributed by atoms with E-state index < -0.39 is 30.1 Å². The second-order valence-electron chi connectivity index (χ2n) is 5.73. The molecule has 0 amide bonds. The summed E-state index contributed by atoms with van der Waals surface area (Å²) in [7, 11) is 0. The predicted molar refractivity (Wildman–Crippen MR) is 91.1 cm³/mol. The van der Waals surface area contributed by atoms with E-state index in [1.165, 1.54) is 0 Å². The number of anilines is 1. The van der Waals surface area contributed by atoms with Crippen molar-refractivity contribution in [3.8, 4) is 0 Å². The molecular weight excluding hydrogens is 334 g/mol. The average Bonchev–Trinajstić information content (AvgIpc) is 3.02. The highest BCUT2D eigenvalue weighted by atomic mass is 32.1. The summed E-state index contributed by atoms with van der Waals surface area (Å²) >= 11 is 4.22. The summed E-state index contributed by atoms with van der Waals surface area (Å²) < 4.78 is 13.4. The molecule has 1 saturated heterocycles. The van der Waals surface area contributed by atoms with Gasteiger partial charge in [-0.1, -0.05) is 6.92 Å². The zero-order valence-corrected chi connectivity index (χ0v) is 14.4. The fourth-order valence-corrected chi connectivity index (χ4v) is 3.23. The minimum absolute atomic E-state index is 0.0102. The first-order chi connectivity index (χ1) is 11.5. The number of nitrogens with two attached hydrogens (primary N) is 1. The largest absolute Gasteiger partial charge is 0.387 e. The topological polar surface area (TPSA) is 128 Å². The van der Waals surface area contributed by atoms with Crippen molar-refractivity contribution in [2.75, 3.05) is 18.1 Å².